The third-order valence-corrected chi connectivity index (χ3v) is 13.4. The number of aryl methyl sites for hydroxylation is 1. The van der Waals surface area contributed by atoms with Crippen molar-refractivity contribution >= 4 is 52.5 Å². The van der Waals surface area contributed by atoms with Crippen molar-refractivity contribution in [2.75, 3.05) is 80.0 Å². The van der Waals surface area contributed by atoms with Crippen LogP contribution in [0.3, 0.4) is 0 Å². The number of amides is 3. The Morgan fingerprint density at radius 3 is 2.24 bits per heavy atom. The van der Waals surface area contributed by atoms with Crippen LogP contribution >= 0.6 is 0 Å². The number of benzene rings is 1. The number of aromatic nitrogens is 2. The molecule has 6 rings (SSSR count). The van der Waals surface area contributed by atoms with Crippen molar-refractivity contribution in [3.8, 4) is 11.4 Å². The second-order valence-electron chi connectivity index (χ2n) is 19.4. The van der Waals surface area contributed by atoms with E-state index in [-0.39, 0.29) is 82.1 Å². The minimum Gasteiger partial charge on any atom is -0.475 e. The fourth-order valence-electron chi connectivity index (χ4n) is 9.36. The van der Waals surface area contributed by atoms with Gasteiger partial charge >= 0.3 is 30.1 Å². The van der Waals surface area contributed by atoms with Crippen molar-refractivity contribution in [1.29, 1.82) is 0 Å². The summed E-state index contributed by atoms with van der Waals surface area (Å²) in [4.78, 5) is 115. The largest absolute Gasteiger partial charge is 0.490 e. The zero-order valence-corrected chi connectivity index (χ0v) is 45.0. The number of carboxylic acid groups (broad SMARTS) is 1. The van der Waals surface area contributed by atoms with Crippen molar-refractivity contribution in [2.45, 2.75) is 122 Å². The zero-order chi connectivity index (χ0) is 57.3. The lowest BCUT2D eigenvalue weighted by Gasteiger charge is -2.37. The molecule has 0 aliphatic carbocycles. The molecule has 0 saturated carbocycles. The molecule has 0 unspecified atom stereocenters. The number of carboxylic acids is 1. The minimum absolute atomic E-state index is 0.0156. The molecule has 2 aromatic heterocycles. The number of nitrogens with one attached hydrogen (secondary N) is 2. The number of carbonyl (C=O) groups excluding carboxylic acids is 6. The zero-order valence-electron chi connectivity index (χ0n) is 45.0. The van der Waals surface area contributed by atoms with Crippen LogP contribution in [0.1, 0.15) is 94.9 Å². The van der Waals surface area contributed by atoms with Crippen LogP contribution in [0.2, 0.25) is 0 Å². The number of halogens is 3. The van der Waals surface area contributed by atoms with Gasteiger partial charge in [0, 0.05) is 36.0 Å². The van der Waals surface area contributed by atoms with Gasteiger partial charge in [-0.05, 0) is 82.8 Å². The predicted molar refractivity (Wildman–Crippen MR) is 274 cm³/mol. The second-order valence-corrected chi connectivity index (χ2v) is 19.4. The molecule has 1 aromatic carbocycles. The molecule has 5 N–H and O–H groups in total. The molecule has 4 atom stereocenters. The van der Waals surface area contributed by atoms with Gasteiger partial charge in [-0.3, -0.25) is 24.0 Å². The van der Waals surface area contributed by atoms with E-state index in [1.54, 1.807) is 31.4 Å². The molecule has 430 valence electrons. The number of para-hydroxylation sites is 1. The first-order valence-corrected chi connectivity index (χ1v) is 26.1. The SMILES string of the molecule is CCc1c2c(nc3ccccc13)-c1cc3c(c(=O)n1C2)COC(=O)[C@@]3(CC)OC(=O)[C@@H](NC(=O)[C@@H]1CCCN1C(=O)[C@H](CC(=O)OCCCCN(C)C)NC(=O)CCOCCOCCOCCN)C(C)C.O=C(O)C(F)(F)F. The monoisotopic (exact) mass is 1100 g/mol. The number of esters is 3. The standard InChI is InChI=1S/C51H71N7O13.C2HF3O2/c1-7-33-34-14-9-10-15-38(34)54-45-35(33)30-58-41(45)28-37-36(47(58)62)31-70-50(65)51(37,8-2)71-49(64)44(32(3)4)55-46(61)40-16-13-20-57(40)48(63)39(29-43(60)69-21-12-11-19-56(5)6)53-42(59)17-22-66-24-26-68-27-25-67-23-18-52;3-2(4,5)1(6)7/h9-10,14-15,28,32,39-40,44H,7-8,11-13,16-27,29-31,52H2,1-6H3,(H,53,59)(H,55,61);(H,6,7)/t39-,40-,44-,51-;/m0./s1. The summed E-state index contributed by atoms with van der Waals surface area (Å²) in [5, 5.41) is 13.6. The third kappa shape index (κ3) is 15.8. The summed E-state index contributed by atoms with van der Waals surface area (Å²) in [5.74, 6) is -7.72. The van der Waals surface area contributed by atoms with E-state index in [1.807, 2.05) is 50.2 Å². The van der Waals surface area contributed by atoms with Crippen molar-refractivity contribution in [2.24, 2.45) is 11.7 Å². The van der Waals surface area contributed by atoms with Crippen molar-refractivity contribution in [3.63, 3.8) is 0 Å². The van der Waals surface area contributed by atoms with Gasteiger partial charge in [0.25, 0.3) is 5.56 Å². The van der Waals surface area contributed by atoms with Gasteiger partial charge < -0.3 is 64.3 Å². The number of alkyl halides is 3. The number of cyclic esters (lactones) is 1. The molecule has 0 bridgehead atoms. The highest BCUT2D eigenvalue weighted by molar-refractivity contribution is 5.96. The number of aliphatic carboxylic acids is 1. The van der Waals surface area contributed by atoms with Crippen LogP contribution in [0, 0.1) is 5.92 Å². The van der Waals surface area contributed by atoms with Crippen molar-refractivity contribution in [3.05, 3.63) is 62.9 Å². The van der Waals surface area contributed by atoms with Crippen LogP contribution in [0.4, 0.5) is 13.2 Å². The van der Waals surface area contributed by atoms with Crippen LogP contribution in [0.25, 0.3) is 22.3 Å². The Morgan fingerprint density at radius 1 is 0.949 bits per heavy atom. The van der Waals surface area contributed by atoms with E-state index in [9.17, 15) is 46.7 Å². The van der Waals surface area contributed by atoms with Crippen LogP contribution in [-0.4, -0.2) is 170 Å². The number of nitrogens with zero attached hydrogens (tertiary/aromatic N) is 4. The number of likely N-dealkylation sites (tertiary alicyclic amines) is 1. The van der Waals surface area contributed by atoms with Gasteiger partial charge in [0.05, 0.1) is 81.7 Å². The van der Waals surface area contributed by atoms with Crippen LogP contribution in [0.15, 0.2) is 35.1 Å². The van der Waals surface area contributed by atoms with Gasteiger partial charge in [-0.2, -0.15) is 13.2 Å². The number of carbonyl (C=O) groups is 7. The molecule has 25 heteroatoms. The third-order valence-electron chi connectivity index (χ3n) is 13.4. The lowest BCUT2D eigenvalue weighted by Crippen LogP contribution is -2.57. The van der Waals surface area contributed by atoms with Crippen molar-refractivity contribution < 1.29 is 80.3 Å². The lowest BCUT2D eigenvalue weighted by atomic mass is 9.85. The number of pyridine rings is 2. The summed E-state index contributed by atoms with van der Waals surface area (Å²) in [5.41, 5.74) is 7.19. The predicted octanol–water partition coefficient (Wildman–Crippen LogP) is 3.12. The molecule has 1 saturated heterocycles. The van der Waals surface area contributed by atoms with Gasteiger partial charge in [-0.15, -0.1) is 0 Å². The molecule has 3 amide bonds. The van der Waals surface area contributed by atoms with Gasteiger partial charge in [-0.25, -0.2) is 19.4 Å². The number of nitrogens with two attached hydrogens (primary N) is 1. The van der Waals surface area contributed by atoms with E-state index in [2.05, 4.69) is 10.6 Å². The molecule has 0 radical (unpaired) electrons. The van der Waals surface area contributed by atoms with Crippen LogP contribution in [-0.2, 0) is 87.2 Å². The average Bonchev–Trinajstić information content (AvgIpc) is 4.11. The molecule has 3 aliphatic heterocycles. The fraction of sp³-hybridized carbons (Fsp3) is 0.604. The van der Waals surface area contributed by atoms with E-state index in [0.29, 0.717) is 57.0 Å². The Kier molecular flexibility index (Phi) is 23.1. The van der Waals surface area contributed by atoms with Gasteiger partial charge in [0.1, 0.15) is 24.7 Å². The molecule has 78 heavy (non-hydrogen) atoms. The maximum absolute atomic E-state index is 14.5. The Bertz CT molecular complexity index is 2680. The maximum Gasteiger partial charge on any atom is 0.490 e. The topological polar surface area (TPSA) is 287 Å². The summed E-state index contributed by atoms with van der Waals surface area (Å²) < 4.78 is 66.9. The first kappa shape index (κ1) is 62.3. The Hall–Kier alpha value is -6.54. The Balaban J connectivity index is 0.00000150. The minimum atomic E-state index is -5.08. The fourth-order valence-corrected chi connectivity index (χ4v) is 9.36. The summed E-state index contributed by atoms with van der Waals surface area (Å²) in [6.45, 7) is 10.2. The molecule has 0 spiro atoms. The molecule has 22 nitrogen and oxygen atoms in total. The molecular weight excluding hydrogens is 1030 g/mol. The number of hydrogen-bond acceptors (Lipinski definition) is 17. The van der Waals surface area contributed by atoms with E-state index in [4.69, 9.17) is 49.0 Å². The second kappa shape index (κ2) is 28.9. The quantitative estimate of drug-likeness (QED) is 0.0379. The number of unbranched alkanes of at least 4 members (excludes halogenated alkanes) is 1. The van der Waals surface area contributed by atoms with E-state index in [0.717, 1.165) is 35.0 Å². The van der Waals surface area contributed by atoms with Gasteiger partial charge in [0.15, 0.2) is 0 Å². The number of fused-ring (bicyclic) bond motifs is 5. The number of ether oxygens (including phenoxy) is 6. The normalized spacial score (nSPS) is 17.3. The molecule has 3 aliphatic rings. The first-order valence-electron chi connectivity index (χ1n) is 26.1. The summed E-state index contributed by atoms with van der Waals surface area (Å²) >= 11 is 0. The van der Waals surface area contributed by atoms with E-state index >= 15 is 0 Å². The molecule has 5 heterocycles. The number of hydrogen-bond donors (Lipinski definition) is 4. The highest BCUT2D eigenvalue weighted by Gasteiger charge is 2.52. The summed E-state index contributed by atoms with van der Waals surface area (Å²) in [6, 6.07) is 5.71. The maximum atomic E-state index is 14.5. The lowest BCUT2D eigenvalue weighted by molar-refractivity contribution is -0.192. The average molecular weight is 1100 g/mol. The van der Waals surface area contributed by atoms with Gasteiger partial charge in [0.2, 0.25) is 23.3 Å². The van der Waals surface area contributed by atoms with Crippen molar-refractivity contribution in [1.82, 2.24) is 30.0 Å². The number of rotatable bonds is 27. The molecule has 3 aromatic rings. The Morgan fingerprint density at radius 2 is 1.62 bits per heavy atom. The molecular formula is C53H72F3N7O15. The van der Waals surface area contributed by atoms with Crippen LogP contribution < -0.4 is 21.9 Å². The smallest absolute Gasteiger partial charge is 0.475 e. The van der Waals surface area contributed by atoms with Gasteiger partial charge in [-0.1, -0.05) is 45.9 Å². The van der Waals surface area contributed by atoms with E-state index in [1.165, 1.54) is 4.90 Å². The summed E-state index contributed by atoms with van der Waals surface area (Å²) in [7, 11) is 3.88. The van der Waals surface area contributed by atoms with E-state index < -0.39 is 83.8 Å². The first-order chi connectivity index (χ1) is 37.1. The highest BCUT2D eigenvalue weighted by Crippen LogP contribution is 2.42. The highest BCUT2D eigenvalue weighted by atomic mass is 19.4. The summed E-state index contributed by atoms with van der Waals surface area (Å²) in [6.07, 6.45) is -3.05. The Labute approximate surface area is 449 Å². The molecule has 1 fully saturated rings. The van der Waals surface area contributed by atoms with Crippen LogP contribution in [0.5, 0.6) is 0 Å².